The smallest absolute Gasteiger partial charge is 0.332 e. The molecule has 5 heteroatoms. The Hall–Kier alpha value is -1.36. The van der Waals surface area contributed by atoms with E-state index >= 15 is 0 Å². The van der Waals surface area contributed by atoms with Gasteiger partial charge in [0, 0.05) is 18.2 Å². The molecule has 0 spiro atoms. The summed E-state index contributed by atoms with van der Waals surface area (Å²) in [5, 5.41) is 22.3. The lowest BCUT2D eigenvalue weighted by Crippen LogP contribution is -2.22. The molecule has 1 rings (SSSR count). The van der Waals surface area contributed by atoms with Gasteiger partial charge in [0.15, 0.2) is 6.10 Å². The van der Waals surface area contributed by atoms with Crippen molar-refractivity contribution in [2.24, 2.45) is 0 Å². The number of aromatic nitrogens is 2. The first kappa shape index (κ1) is 12.7. The summed E-state index contributed by atoms with van der Waals surface area (Å²) in [7, 11) is 0. The van der Waals surface area contributed by atoms with Crippen LogP contribution in [0.3, 0.4) is 0 Å². The summed E-state index contributed by atoms with van der Waals surface area (Å²) in [6, 6.07) is 0.231. The Kier molecular flexibility index (Phi) is 3.70. The van der Waals surface area contributed by atoms with Gasteiger partial charge >= 0.3 is 5.97 Å². The fraction of sp³-hybridized carbons (Fsp3) is 0.636. The molecule has 0 saturated carbocycles. The van der Waals surface area contributed by atoms with Gasteiger partial charge in [-0.15, -0.1) is 0 Å². The van der Waals surface area contributed by atoms with E-state index in [2.05, 4.69) is 5.10 Å². The first-order chi connectivity index (χ1) is 7.34. The summed E-state index contributed by atoms with van der Waals surface area (Å²) in [4.78, 5) is 10.6. The fourth-order valence-corrected chi connectivity index (χ4v) is 1.78. The van der Waals surface area contributed by atoms with Gasteiger partial charge in [0.25, 0.3) is 0 Å². The summed E-state index contributed by atoms with van der Waals surface area (Å²) in [5.74, 6) is -1.20. The third-order valence-electron chi connectivity index (χ3n) is 2.65. The van der Waals surface area contributed by atoms with E-state index in [4.69, 9.17) is 5.11 Å². The zero-order chi connectivity index (χ0) is 12.5. The molecule has 90 valence electrons. The Bertz CT molecular complexity index is 396. The molecular weight excluding hydrogens is 208 g/mol. The van der Waals surface area contributed by atoms with Crippen LogP contribution in [0, 0.1) is 13.8 Å². The predicted molar refractivity (Wildman–Crippen MR) is 59.4 cm³/mol. The second kappa shape index (κ2) is 4.65. The molecule has 2 N–H and O–H groups in total. The molecule has 1 heterocycles. The molecule has 0 aromatic carbocycles. The maximum absolute atomic E-state index is 10.6. The molecule has 0 aliphatic heterocycles. The van der Waals surface area contributed by atoms with E-state index in [1.165, 1.54) is 0 Å². The third-order valence-corrected chi connectivity index (χ3v) is 2.65. The zero-order valence-corrected chi connectivity index (χ0v) is 10.1. The number of hydrogen-bond donors (Lipinski definition) is 2. The van der Waals surface area contributed by atoms with E-state index in [9.17, 15) is 9.90 Å². The van der Waals surface area contributed by atoms with E-state index in [1.54, 1.807) is 0 Å². The van der Waals surface area contributed by atoms with Gasteiger partial charge in [-0.3, -0.25) is 4.68 Å². The van der Waals surface area contributed by atoms with Gasteiger partial charge in [0.05, 0.1) is 5.69 Å². The first-order valence-corrected chi connectivity index (χ1v) is 5.30. The van der Waals surface area contributed by atoms with Crippen molar-refractivity contribution in [1.29, 1.82) is 0 Å². The zero-order valence-electron chi connectivity index (χ0n) is 10.1. The van der Waals surface area contributed by atoms with Gasteiger partial charge in [-0.05, 0) is 33.3 Å². The fourth-order valence-electron chi connectivity index (χ4n) is 1.78. The van der Waals surface area contributed by atoms with Gasteiger partial charge in [0.2, 0.25) is 0 Å². The van der Waals surface area contributed by atoms with Crippen molar-refractivity contribution in [3.8, 4) is 0 Å². The van der Waals surface area contributed by atoms with Crippen LogP contribution in [0.4, 0.5) is 0 Å². The molecule has 1 aromatic rings. The van der Waals surface area contributed by atoms with E-state index in [1.807, 2.05) is 32.4 Å². The Morgan fingerprint density at radius 1 is 1.44 bits per heavy atom. The van der Waals surface area contributed by atoms with Crippen LogP contribution in [-0.2, 0) is 11.2 Å². The van der Waals surface area contributed by atoms with Crippen LogP contribution < -0.4 is 0 Å². The molecule has 0 radical (unpaired) electrons. The van der Waals surface area contributed by atoms with Crippen molar-refractivity contribution in [1.82, 2.24) is 9.78 Å². The van der Waals surface area contributed by atoms with Crippen LogP contribution in [0.25, 0.3) is 0 Å². The second-order valence-electron chi connectivity index (χ2n) is 4.25. The van der Waals surface area contributed by atoms with Crippen molar-refractivity contribution in [3.05, 3.63) is 17.0 Å². The number of aliphatic hydroxyl groups excluding tert-OH is 1. The lowest BCUT2D eigenvalue weighted by Gasteiger charge is -2.09. The maximum atomic E-state index is 10.6. The average molecular weight is 226 g/mol. The minimum absolute atomic E-state index is 0.111. The average Bonchev–Trinajstić information content (AvgIpc) is 2.45. The molecule has 0 fully saturated rings. The number of hydrogen-bond acceptors (Lipinski definition) is 3. The van der Waals surface area contributed by atoms with Crippen LogP contribution >= 0.6 is 0 Å². The van der Waals surface area contributed by atoms with Crippen molar-refractivity contribution in [2.75, 3.05) is 0 Å². The normalized spacial score (nSPS) is 13.1. The lowest BCUT2D eigenvalue weighted by molar-refractivity contribution is -0.146. The number of rotatable bonds is 4. The maximum Gasteiger partial charge on any atom is 0.332 e. The largest absolute Gasteiger partial charge is 0.479 e. The summed E-state index contributed by atoms with van der Waals surface area (Å²) >= 11 is 0. The molecule has 1 unspecified atom stereocenters. The molecule has 0 amide bonds. The minimum atomic E-state index is -1.36. The Morgan fingerprint density at radius 2 is 2.00 bits per heavy atom. The van der Waals surface area contributed by atoms with Crippen molar-refractivity contribution in [2.45, 2.75) is 46.3 Å². The quantitative estimate of drug-likeness (QED) is 0.805. The number of aryl methyl sites for hydroxylation is 1. The molecule has 16 heavy (non-hydrogen) atoms. The first-order valence-electron chi connectivity index (χ1n) is 5.30. The highest BCUT2D eigenvalue weighted by Gasteiger charge is 2.20. The Morgan fingerprint density at radius 3 is 2.38 bits per heavy atom. The molecule has 0 bridgehead atoms. The molecule has 1 atom stereocenters. The van der Waals surface area contributed by atoms with Gasteiger partial charge in [-0.25, -0.2) is 4.79 Å². The third kappa shape index (κ3) is 2.41. The van der Waals surface area contributed by atoms with Crippen LogP contribution in [0.2, 0.25) is 0 Å². The highest BCUT2D eigenvalue weighted by Crippen LogP contribution is 2.18. The highest BCUT2D eigenvalue weighted by molar-refractivity contribution is 5.72. The standard InChI is InChI=1S/C11H18N2O3/c1-6(2)13-8(4)9(7(3)12-13)5-10(14)11(15)16/h6,10,14H,5H2,1-4H3,(H,15,16). The summed E-state index contributed by atoms with van der Waals surface area (Å²) < 4.78 is 1.85. The number of carbonyl (C=O) groups is 1. The van der Waals surface area contributed by atoms with Crippen LogP contribution in [0.15, 0.2) is 0 Å². The van der Waals surface area contributed by atoms with Crippen molar-refractivity contribution >= 4 is 5.97 Å². The van der Waals surface area contributed by atoms with Crippen LogP contribution in [-0.4, -0.2) is 32.1 Å². The Labute approximate surface area is 94.7 Å². The van der Waals surface area contributed by atoms with Gasteiger partial charge in [0.1, 0.15) is 0 Å². The monoisotopic (exact) mass is 226 g/mol. The van der Waals surface area contributed by atoms with E-state index in [0.29, 0.717) is 0 Å². The minimum Gasteiger partial charge on any atom is -0.479 e. The molecule has 5 nitrogen and oxygen atoms in total. The molecule has 0 aliphatic carbocycles. The number of aliphatic hydroxyl groups is 1. The molecule has 0 saturated heterocycles. The highest BCUT2D eigenvalue weighted by atomic mass is 16.4. The lowest BCUT2D eigenvalue weighted by atomic mass is 10.1. The molecule has 1 aromatic heterocycles. The van der Waals surface area contributed by atoms with E-state index in [0.717, 1.165) is 17.0 Å². The van der Waals surface area contributed by atoms with E-state index in [-0.39, 0.29) is 12.5 Å². The van der Waals surface area contributed by atoms with Gasteiger partial charge in [-0.2, -0.15) is 5.10 Å². The number of nitrogens with zero attached hydrogens (tertiary/aromatic N) is 2. The SMILES string of the molecule is Cc1nn(C(C)C)c(C)c1CC(O)C(=O)O. The Balaban J connectivity index is 3.01. The number of carboxylic acid groups (broad SMARTS) is 1. The summed E-state index contributed by atoms with van der Waals surface area (Å²) in [6.07, 6.45) is -1.25. The molecule has 0 aliphatic rings. The van der Waals surface area contributed by atoms with Crippen LogP contribution in [0.5, 0.6) is 0 Å². The molecular formula is C11H18N2O3. The second-order valence-corrected chi connectivity index (χ2v) is 4.25. The number of carboxylic acids is 1. The van der Waals surface area contributed by atoms with Gasteiger partial charge in [-0.1, -0.05) is 0 Å². The van der Waals surface area contributed by atoms with Crippen molar-refractivity contribution < 1.29 is 15.0 Å². The predicted octanol–water partition coefficient (Wildman–Crippen LogP) is 1.07. The summed E-state index contributed by atoms with van der Waals surface area (Å²) in [5.41, 5.74) is 2.53. The summed E-state index contributed by atoms with van der Waals surface area (Å²) in [6.45, 7) is 7.74. The van der Waals surface area contributed by atoms with Crippen molar-refractivity contribution in [3.63, 3.8) is 0 Å². The number of aliphatic carboxylic acids is 1. The van der Waals surface area contributed by atoms with Gasteiger partial charge < -0.3 is 10.2 Å². The topological polar surface area (TPSA) is 75.3 Å². The van der Waals surface area contributed by atoms with E-state index < -0.39 is 12.1 Å². The van der Waals surface area contributed by atoms with Crippen LogP contribution in [0.1, 0.15) is 36.8 Å².